The van der Waals surface area contributed by atoms with Gasteiger partial charge in [0, 0.05) is 11.5 Å². The van der Waals surface area contributed by atoms with Crippen LogP contribution in [0.2, 0.25) is 0 Å². The summed E-state index contributed by atoms with van der Waals surface area (Å²) in [6, 6.07) is 1.92. The lowest BCUT2D eigenvalue weighted by Crippen LogP contribution is -2.61. The fraction of sp³-hybridized carbons (Fsp3) is 0.720. The number of hydrogen-bond acceptors (Lipinski definition) is 4. The summed E-state index contributed by atoms with van der Waals surface area (Å²) in [6.45, 7) is 13.5. The lowest BCUT2D eigenvalue weighted by molar-refractivity contribution is -0.162. The van der Waals surface area contributed by atoms with E-state index < -0.39 is 5.97 Å². The average Bonchev–Trinajstić information content (AvgIpc) is 2.59. The first-order valence-electron chi connectivity index (χ1n) is 11.2. The summed E-state index contributed by atoms with van der Waals surface area (Å²) in [4.78, 5) is 12.5. The number of aryl methyl sites for hydroxylation is 1. The molecule has 160 valence electrons. The minimum Gasteiger partial charge on any atom is -0.507 e. The van der Waals surface area contributed by atoms with Gasteiger partial charge >= 0.3 is 5.97 Å². The Morgan fingerprint density at radius 2 is 1.93 bits per heavy atom. The van der Waals surface area contributed by atoms with Crippen LogP contribution in [0.3, 0.4) is 0 Å². The van der Waals surface area contributed by atoms with E-state index in [1.807, 2.05) is 13.0 Å². The molecular formula is C25H36O4. The van der Waals surface area contributed by atoms with Gasteiger partial charge in [0.15, 0.2) is 0 Å². The average molecular weight is 401 g/mol. The van der Waals surface area contributed by atoms with Crippen LogP contribution in [0.4, 0.5) is 0 Å². The molecule has 2 saturated carbocycles. The second kappa shape index (κ2) is 6.65. The first-order valence-corrected chi connectivity index (χ1v) is 11.2. The Hall–Kier alpha value is -1.71. The molecule has 1 heterocycles. The highest BCUT2D eigenvalue weighted by atomic mass is 16.5. The van der Waals surface area contributed by atoms with Gasteiger partial charge in [-0.05, 0) is 81.3 Å². The van der Waals surface area contributed by atoms with Gasteiger partial charge in [-0.2, -0.15) is 0 Å². The van der Waals surface area contributed by atoms with Crippen molar-refractivity contribution < 1.29 is 19.4 Å². The molecule has 1 aliphatic heterocycles. The molecular weight excluding hydrogens is 364 g/mol. The zero-order valence-corrected chi connectivity index (χ0v) is 18.9. The molecule has 0 aromatic heterocycles. The zero-order valence-electron chi connectivity index (χ0n) is 18.9. The third kappa shape index (κ3) is 2.97. The molecule has 1 aromatic carbocycles. The highest BCUT2D eigenvalue weighted by molar-refractivity contribution is 5.95. The van der Waals surface area contributed by atoms with Crippen LogP contribution in [-0.4, -0.2) is 23.3 Å². The second-order valence-electron chi connectivity index (χ2n) is 10.7. The maximum atomic E-state index is 12.5. The highest BCUT2D eigenvalue weighted by Crippen LogP contribution is 2.65. The van der Waals surface area contributed by atoms with Crippen molar-refractivity contribution in [2.45, 2.75) is 85.7 Å². The molecule has 4 nitrogen and oxygen atoms in total. The van der Waals surface area contributed by atoms with Gasteiger partial charge in [0.2, 0.25) is 0 Å². The molecule has 1 aromatic rings. The van der Waals surface area contributed by atoms with Crippen molar-refractivity contribution in [3.8, 4) is 11.5 Å². The molecule has 0 spiro atoms. The largest absolute Gasteiger partial charge is 0.507 e. The summed E-state index contributed by atoms with van der Waals surface area (Å²) < 4.78 is 11.9. The van der Waals surface area contributed by atoms with Gasteiger partial charge in [0.25, 0.3) is 0 Å². The summed E-state index contributed by atoms with van der Waals surface area (Å²) in [6.07, 6.45) is 6.72. The number of carbonyl (C=O) groups excluding carboxylic acids is 1. The first kappa shape index (κ1) is 20.6. The minimum absolute atomic E-state index is 0.0568. The molecule has 0 saturated heterocycles. The zero-order chi connectivity index (χ0) is 21.2. The summed E-state index contributed by atoms with van der Waals surface area (Å²) in [7, 11) is 0. The Labute approximate surface area is 175 Å². The van der Waals surface area contributed by atoms with E-state index in [-0.39, 0.29) is 16.8 Å². The van der Waals surface area contributed by atoms with E-state index in [9.17, 15) is 9.90 Å². The van der Waals surface area contributed by atoms with Crippen LogP contribution >= 0.6 is 0 Å². The molecule has 4 rings (SSSR count). The summed E-state index contributed by atoms with van der Waals surface area (Å²) in [5.74, 6) is 1.32. The molecule has 4 heteroatoms. The molecule has 0 radical (unpaired) electrons. The van der Waals surface area contributed by atoms with Crippen LogP contribution in [0.1, 0.15) is 88.2 Å². The Morgan fingerprint density at radius 3 is 2.62 bits per heavy atom. The summed E-state index contributed by atoms with van der Waals surface area (Å²) in [5.41, 5.74) is 2.07. The smallest absolute Gasteiger partial charge is 0.342 e. The van der Waals surface area contributed by atoms with Crippen LogP contribution in [0.15, 0.2) is 6.07 Å². The Kier molecular flexibility index (Phi) is 4.71. The summed E-state index contributed by atoms with van der Waals surface area (Å²) in [5, 5.41) is 11.1. The highest BCUT2D eigenvalue weighted by Gasteiger charge is 2.60. The maximum absolute atomic E-state index is 12.5. The predicted octanol–water partition coefficient (Wildman–Crippen LogP) is 5.81. The van der Waals surface area contributed by atoms with E-state index in [1.165, 1.54) is 25.7 Å². The van der Waals surface area contributed by atoms with Gasteiger partial charge in [-0.25, -0.2) is 4.79 Å². The molecule has 0 bridgehead atoms. The first-order chi connectivity index (χ1) is 13.5. The maximum Gasteiger partial charge on any atom is 0.342 e. The lowest BCUT2D eigenvalue weighted by Gasteiger charge is -2.63. The Balaban J connectivity index is 1.79. The SMILES string of the molecule is CCOC(=O)c1c(C)cc2c(c1O)C[C@@H]1[C@@]3(C)CCCC(C)(C)[C@@H]3CC[C@@]1(C)O2. The Bertz CT molecular complexity index is 842. The predicted molar refractivity (Wildman–Crippen MR) is 113 cm³/mol. The molecule has 0 unspecified atom stereocenters. The van der Waals surface area contributed by atoms with Crippen LogP contribution < -0.4 is 4.74 Å². The number of aromatic hydroxyl groups is 1. The monoisotopic (exact) mass is 400 g/mol. The van der Waals surface area contributed by atoms with Crippen molar-refractivity contribution in [2.75, 3.05) is 6.61 Å². The van der Waals surface area contributed by atoms with Gasteiger partial charge in [0.05, 0.1) is 6.61 Å². The summed E-state index contributed by atoms with van der Waals surface area (Å²) >= 11 is 0. The second-order valence-corrected chi connectivity index (χ2v) is 10.7. The van der Waals surface area contributed by atoms with E-state index in [2.05, 4.69) is 27.7 Å². The number of carbonyl (C=O) groups is 1. The number of fused-ring (bicyclic) bond motifs is 4. The third-order valence-corrected chi connectivity index (χ3v) is 8.53. The quantitative estimate of drug-likeness (QED) is 0.636. The molecule has 29 heavy (non-hydrogen) atoms. The van der Waals surface area contributed by atoms with Crippen LogP contribution in [0.5, 0.6) is 11.5 Å². The molecule has 2 aliphatic carbocycles. The van der Waals surface area contributed by atoms with Gasteiger partial charge in [-0.1, -0.05) is 27.2 Å². The normalized spacial score (nSPS) is 35.0. The van der Waals surface area contributed by atoms with Crippen molar-refractivity contribution in [1.29, 1.82) is 0 Å². The molecule has 0 amide bonds. The van der Waals surface area contributed by atoms with Gasteiger partial charge < -0.3 is 14.6 Å². The number of ether oxygens (including phenoxy) is 2. The topological polar surface area (TPSA) is 55.8 Å². The number of esters is 1. The van der Waals surface area contributed by atoms with E-state index in [4.69, 9.17) is 9.47 Å². The van der Waals surface area contributed by atoms with Crippen molar-refractivity contribution in [3.05, 3.63) is 22.8 Å². The standard InChI is InChI=1S/C25H36O4/c1-7-28-22(27)20-15(2)13-17-16(21(20)26)14-19-24(5)11-8-10-23(3,4)18(24)9-12-25(19,6)29-17/h13,18-19,26H,7-12,14H2,1-6H3/t18-,19+,24-,25+/m0/s1. The molecule has 4 atom stereocenters. The van der Waals surface area contributed by atoms with Crippen LogP contribution in [0, 0.1) is 29.6 Å². The molecule has 3 aliphatic rings. The van der Waals surface area contributed by atoms with Crippen molar-refractivity contribution in [1.82, 2.24) is 0 Å². The van der Waals surface area contributed by atoms with E-state index >= 15 is 0 Å². The number of phenolic OH excluding ortho intramolecular Hbond substituents is 1. The van der Waals surface area contributed by atoms with Crippen molar-refractivity contribution >= 4 is 5.97 Å². The van der Waals surface area contributed by atoms with E-state index in [0.717, 1.165) is 24.2 Å². The minimum atomic E-state index is -0.454. The fourth-order valence-electron chi connectivity index (χ4n) is 7.19. The molecule has 1 N–H and O–H groups in total. The van der Waals surface area contributed by atoms with Crippen molar-refractivity contribution in [3.63, 3.8) is 0 Å². The number of rotatable bonds is 2. The lowest BCUT2D eigenvalue weighted by atomic mass is 9.44. The molecule has 2 fully saturated rings. The number of hydrogen-bond donors (Lipinski definition) is 1. The Morgan fingerprint density at radius 1 is 1.21 bits per heavy atom. The number of benzene rings is 1. The fourth-order valence-corrected chi connectivity index (χ4v) is 7.19. The van der Waals surface area contributed by atoms with Crippen molar-refractivity contribution in [2.24, 2.45) is 22.7 Å². The van der Waals surface area contributed by atoms with E-state index in [1.54, 1.807) is 6.92 Å². The van der Waals surface area contributed by atoms with E-state index in [0.29, 0.717) is 35.0 Å². The van der Waals surface area contributed by atoms with Crippen LogP contribution in [0.25, 0.3) is 0 Å². The number of phenols is 1. The third-order valence-electron chi connectivity index (χ3n) is 8.53. The van der Waals surface area contributed by atoms with Gasteiger partial charge in [-0.3, -0.25) is 0 Å². The van der Waals surface area contributed by atoms with Gasteiger partial charge in [-0.15, -0.1) is 0 Å². The van der Waals surface area contributed by atoms with Crippen LogP contribution in [-0.2, 0) is 11.2 Å². The van der Waals surface area contributed by atoms with Gasteiger partial charge in [0.1, 0.15) is 22.7 Å².